The van der Waals surface area contributed by atoms with Crippen molar-refractivity contribution in [2.75, 3.05) is 45.9 Å². The van der Waals surface area contributed by atoms with Gasteiger partial charge in [0.15, 0.2) is 0 Å². The molecule has 6 heteroatoms. The maximum Gasteiger partial charge on any atom is 0.249 e. The molecule has 2 rings (SSSR count). The van der Waals surface area contributed by atoms with E-state index in [9.17, 15) is 4.79 Å². The molecule has 1 amide bonds. The highest BCUT2D eigenvalue weighted by Crippen LogP contribution is 2.18. The van der Waals surface area contributed by atoms with Crippen LogP contribution in [0.3, 0.4) is 0 Å². The average Bonchev–Trinajstić information content (AvgIpc) is 2.93. The van der Waals surface area contributed by atoms with Gasteiger partial charge in [0.2, 0.25) is 5.91 Å². The highest BCUT2D eigenvalue weighted by molar-refractivity contribution is 5.80. The quantitative estimate of drug-likeness (QED) is 0.627. The molecule has 2 saturated heterocycles. The molecule has 0 saturated carbocycles. The molecule has 0 spiro atoms. The molecule has 0 radical (unpaired) electrons. The molecule has 2 heterocycles. The number of hydrogen-bond donors (Lipinski definition) is 2. The smallest absolute Gasteiger partial charge is 0.249 e. The van der Waals surface area contributed by atoms with Crippen molar-refractivity contribution in [3.63, 3.8) is 0 Å². The molecule has 0 aromatic carbocycles. The highest BCUT2D eigenvalue weighted by Gasteiger charge is 2.29. The van der Waals surface area contributed by atoms with Gasteiger partial charge in [-0.3, -0.25) is 9.69 Å². The minimum Gasteiger partial charge on any atom is -0.379 e. The van der Waals surface area contributed by atoms with Crippen LogP contribution in [0, 0.1) is 0 Å². The van der Waals surface area contributed by atoms with Crippen LogP contribution in [0.4, 0.5) is 0 Å². The van der Waals surface area contributed by atoms with Crippen molar-refractivity contribution in [2.24, 2.45) is 5.73 Å². The molecule has 2 fully saturated rings. The number of hydrogen-bond acceptors (Lipinski definition) is 5. The molecule has 19 heavy (non-hydrogen) atoms. The molecular formula is C13H25N3O3. The van der Waals surface area contributed by atoms with Gasteiger partial charge in [-0.05, 0) is 25.8 Å². The second-order valence-electron chi connectivity index (χ2n) is 5.16. The van der Waals surface area contributed by atoms with Crippen molar-refractivity contribution in [3.8, 4) is 0 Å². The van der Waals surface area contributed by atoms with Crippen LogP contribution < -0.4 is 11.1 Å². The van der Waals surface area contributed by atoms with Gasteiger partial charge in [-0.1, -0.05) is 0 Å². The molecule has 6 nitrogen and oxygen atoms in total. The zero-order valence-corrected chi connectivity index (χ0v) is 11.5. The molecule has 3 N–H and O–H groups in total. The fourth-order valence-corrected chi connectivity index (χ4v) is 2.52. The van der Waals surface area contributed by atoms with E-state index < -0.39 is 0 Å². The van der Waals surface area contributed by atoms with Crippen LogP contribution in [0.2, 0.25) is 0 Å². The SMILES string of the molecule is NCC1CCC(C(=O)NCCCN2CCOCC2)O1. The summed E-state index contributed by atoms with van der Waals surface area (Å²) in [4.78, 5) is 14.2. The Balaban J connectivity index is 1.54. The van der Waals surface area contributed by atoms with E-state index in [4.69, 9.17) is 15.2 Å². The van der Waals surface area contributed by atoms with Crippen LogP contribution in [0.1, 0.15) is 19.3 Å². The zero-order chi connectivity index (χ0) is 13.5. The number of carbonyl (C=O) groups is 1. The number of rotatable bonds is 6. The Labute approximate surface area is 114 Å². The van der Waals surface area contributed by atoms with Crippen molar-refractivity contribution in [1.82, 2.24) is 10.2 Å². The number of morpholine rings is 1. The van der Waals surface area contributed by atoms with E-state index in [0.29, 0.717) is 13.1 Å². The summed E-state index contributed by atoms with van der Waals surface area (Å²) in [6.07, 6.45) is 2.42. The molecule has 2 aliphatic rings. The Morgan fingerprint density at radius 1 is 1.32 bits per heavy atom. The third kappa shape index (κ3) is 4.72. The predicted octanol–water partition coefficient (Wildman–Crippen LogP) is -0.669. The Morgan fingerprint density at radius 2 is 2.11 bits per heavy atom. The number of carbonyl (C=O) groups excluding carboxylic acids is 1. The fraction of sp³-hybridized carbons (Fsp3) is 0.923. The van der Waals surface area contributed by atoms with Gasteiger partial charge >= 0.3 is 0 Å². The summed E-state index contributed by atoms with van der Waals surface area (Å²) in [6, 6.07) is 0. The van der Waals surface area contributed by atoms with Crippen LogP contribution in [0.25, 0.3) is 0 Å². The van der Waals surface area contributed by atoms with Gasteiger partial charge in [0, 0.05) is 26.2 Å². The zero-order valence-electron chi connectivity index (χ0n) is 11.5. The number of nitrogens with zero attached hydrogens (tertiary/aromatic N) is 1. The Hall–Kier alpha value is -0.690. The third-order valence-corrected chi connectivity index (χ3v) is 3.72. The molecule has 0 aromatic rings. The van der Waals surface area contributed by atoms with Gasteiger partial charge in [0.25, 0.3) is 0 Å². The van der Waals surface area contributed by atoms with Gasteiger partial charge in [-0.25, -0.2) is 0 Å². The van der Waals surface area contributed by atoms with Gasteiger partial charge in [0.1, 0.15) is 6.10 Å². The summed E-state index contributed by atoms with van der Waals surface area (Å²) >= 11 is 0. The van der Waals surface area contributed by atoms with Crippen molar-refractivity contribution in [3.05, 3.63) is 0 Å². The van der Waals surface area contributed by atoms with E-state index in [1.54, 1.807) is 0 Å². The van der Waals surface area contributed by atoms with Crippen LogP contribution in [0.5, 0.6) is 0 Å². The molecule has 0 aliphatic carbocycles. The van der Waals surface area contributed by atoms with E-state index in [1.807, 2.05) is 0 Å². The maximum absolute atomic E-state index is 11.8. The van der Waals surface area contributed by atoms with Gasteiger partial charge in [-0.2, -0.15) is 0 Å². The molecule has 0 bridgehead atoms. The van der Waals surface area contributed by atoms with Crippen molar-refractivity contribution in [1.29, 1.82) is 0 Å². The second kappa shape index (κ2) is 7.79. The highest BCUT2D eigenvalue weighted by atomic mass is 16.5. The monoisotopic (exact) mass is 271 g/mol. The minimum absolute atomic E-state index is 0.0120. The van der Waals surface area contributed by atoms with Crippen LogP contribution in [0.15, 0.2) is 0 Å². The van der Waals surface area contributed by atoms with Gasteiger partial charge in [-0.15, -0.1) is 0 Å². The number of nitrogens with two attached hydrogens (primary N) is 1. The van der Waals surface area contributed by atoms with Crippen molar-refractivity contribution in [2.45, 2.75) is 31.5 Å². The summed E-state index contributed by atoms with van der Waals surface area (Å²) in [5, 5.41) is 2.95. The summed E-state index contributed by atoms with van der Waals surface area (Å²) < 4.78 is 10.8. The van der Waals surface area contributed by atoms with Crippen LogP contribution >= 0.6 is 0 Å². The summed E-state index contributed by atoms with van der Waals surface area (Å²) in [5.41, 5.74) is 5.53. The standard InChI is InChI=1S/C13H25N3O3/c14-10-11-2-3-12(19-11)13(17)15-4-1-5-16-6-8-18-9-7-16/h11-12H,1-10,14H2,(H,15,17). The fourth-order valence-electron chi connectivity index (χ4n) is 2.52. The Kier molecular flexibility index (Phi) is 6.03. The molecule has 0 aromatic heterocycles. The first kappa shape index (κ1) is 14.7. The first-order chi connectivity index (χ1) is 9.29. The lowest BCUT2D eigenvalue weighted by Gasteiger charge is -2.26. The summed E-state index contributed by atoms with van der Waals surface area (Å²) in [5.74, 6) is 0.0120. The van der Waals surface area contributed by atoms with Crippen molar-refractivity contribution >= 4 is 5.91 Å². The minimum atomic E-state index is -0.295. The summed E-state index contributed by atoms with van der Waals surface area (Å²) in [7, 11) is 0. The molecule has 2 atom stereocenters. The first-order valence-electron chi connectivity index (χ1n) is 7.23. The Bertz CT molecular complexity index is 282. The largest absolute Gasteiger partial charge is 0.379 e. The molecule has 2 unspecified atom stereocenters. The topological polar surface area (TPSA) is 76.8 Å². The van der Waals surface area contributed by atoms with E-state index in [0.717, 1.165) is 52.1 Å². The van der Waals surface area contributed by atoms with E-state index >= 15 is 0 Å². The lowest BCUT2D eigenvalue weighted by atomic mass is 10.2. The van der Waals surface area contributed by atoms with Crippen LogP contribution in [-0.4, -0.2) is 69.0 Å². The number of amides is 1. The van der Waals surface area contributed by atoms with Crippen molar-refractivity contribution < 1.29 is 14.3 Å². The predicted molar refractivity (Wildman–Crippen MR) is 71.8 cm³/mol. The lowest BCUT2D eigenvalue weighted by molar-refractivity contribution is -0.131. The average molecular weight is 271 g/mol. The van der Waals surface area contributed by atoms with Gasteiger partial charge in [0.05, 0.1) is 19.3 Å². The van der Waals surface area contributed by atoms with E-state index in [1.165, 1.54) is 0 Å². The van der Waals surface area contributed by atoms with Crippen LogP contribution in [-0.2, 0) is 14.3 Å². The second-order valence-corrected chi connectivity index (χ2v) is 5.16. The normalized spacial score (nSPS) is 28.5. The summed E-state index contributed by atoms with van der Waals surface area (Å²) in [6.45, 7) is 5.87. The first-order valence-corrected chi connectivity index (χ1v) is 7.23. The van der Waals surface area contributed by atoms with E-state index in [-0.39, 0.29) is 18.1 Å². The lowest BCUT2D eigenvalue weighted by Crippen LogP contribution is -2.39. The maximum atomic E-state index is 11.8. The Morgan fingerprint density at radius 3 is 2.79 bits per heavy atom. The molecular weight excluding hydrogens is 246 g/mol. The number of nitrogens with one attached hydrogen (secondary N) is 1. The van der Waals surface area contributed by atoms with Gasteiger partial charge < -0.3 is 20.5 Å². The third-order valence-electron chi connectivity index (χ3n) is 3.72. The van der Waals surface area contributed by atoms with E-state index in [2.05, 4.69) is 10.2 Å². The molecule has 2 aliphatic heterocycles. The number of ether oxygens (including phenoxy) is 2. The molecule has 110 valence electrons.